The van der Waals surface area contributed by atoms with Gasteiger partial charge >= 0.3 is 12.1 Å². The molecule has 1 aromatic heterocycles. The number of nitro groups is 1. The van der Waals surface area contributed by atoms with Crippen LogP contribution >= 0.6 is 11.3 Å². The van der Waals surface area contributed by atoms with Gasteiger partial charge in [0.2, 0.25) is 10.0 Å². The summed E-state index contributed by atoms with van der Waals surface area (Å²) in [5.74, 6) is -0.149. The van der Waals surface area contributed by atoms with Crippen LogP contribution in [0.4, 0.5) is 21.0 Å². The van der Waals surface area contributed by atoms with E-state index < -0.39 is 26.6 Å². The van der Waals surface area contributed by atoms with E-state index in [4.69, 9.17) is 10.5 Å². The smallest absolute Gasteiger partial charge is 0.409 e. The molecule has 0 bridgehead atoms. The molecule has 15 heteroatoms. The van der Waals surface area contributed by atoms with Crippen molar-refractivity contribution in [3.8, 4) is 37.9 Å². The molecule has 0 fully saturated rings. The number of thiazole rings is 1. The second kappa shape index (κ2) is 13.0. The standard InChI is InChI=1S/C30H32N6O7S2/c1-17(2)33-29(38)34-20-10-6-19(7-11-20)27-32-16-24(44-27)22-14-15-23(43-28(31)37)25(18-8-12-21(13-9-18)36(39)40)26(22)45(41,42)35-30(3,4)5/h6-17,35H,1-5H3,(H2,31,37)(H2,33,34,38). The summed E-state index contributed by atoms with van der Waals surface area (Å²) in [6.07, 6.45) is 0.361. The van der Waals surface area contributed by atoms with E-state index in [9.17, 15) is 28.1 Å². The van der Waals surface area contributed by atoms with Crippen molar-refractivity contribution in [1.82, 2.24) is 15.0 Å². The van der Waals surface area contributed by atoms with Crippen molar-refractivity contribution >= 4 is 44.9 Å². The van der Waals surface area contributed by atoms with Gasteiger partial charge in [0, 0.05) is 52.3 Å². The highest BCUT2D eigenvalue weighted by atomic mass is 32.2. The summed E-state index contributed by atoms with van der Waals surface area (Å²) >= 11 is 1.22. The molecule has 0 saturated heterocycles. The summed E-state index contributed by atoms with van der Waals surface area (Å²) in [6, 6.07) is 14.7. The Morgan fingerprint density at radius 3 is 2.18 bits per heavy atom. The number of sulfonamides is 1. The second-order valence-electron chi connectivity index (χ2n) is 11.3. The molecule has 3 aromatic carbocycles. The van der Waals surface area contributed by atoms with Gasteiger partial charge in [0.05, 0.1) is 9.80 Å². The molecule has 236 valence electrons. The monoisotopic (exact) mass is 652 g/mol. The number of primary amides is 1. The number of ether oxygens (including phenoxy) is 1. The maximum atomic E-state index is 14.1. The minimum Gasteiger partial charge on any atom is -0.410 e. The third-order valence-corrected chi connectivity index (χ3v) is 8.91. The number of nitrogens with one attached hydrogen (secondary N) is 3. The van der Waals surface area contributed by atoms with E-state index >= 15 is 0 Å². The van der Waals surface area contributed by atoms with Crippen LogP contribution in [-0.2, 0) is 10.0 Å². The zero-order valence-electron chi connectivity index (χ0n) is 25.1. The third kappa shape index (κ3) is 8.20. The first kappa shape index (κ1) is 33.0. The van der Waals surface area contributed by atoms with Gasteiger partial charge in [-0.05, 0) is 88.7 Å². The molecule has 13 nitrogen and oxygen atoms in total. The Hall–Kier alpha value is -4.86. The zero-order valence-corrected chi connectivity index (χ0v) is 26.7. The van der Waals surface area contributed by atoms with Crippen LogP contribution in [0.5, 0.6) is 5.75 Å². The van der Waals surface area contributed by atoms with Gasteiger partial charge in [0.1, 0.15) is 15.7 Å². The van der Waals surface area contributed by atoms with Crippen LogP contribution in [0.15, 0.2) is 71.8 Å². The summed E-state index contributed by atoms with van der Waals surface area (Å²) in [6.45, 7) is 8.73. The minimum atomic E-state index is -4.32. The quantitative estimate of drug-likeness (QED) is 0.123. The van der Waals surface area contributed by atoms with E-state index in [0.29, 0.717) is 15.6 Å². The summed E-state index contributed by atoms with van der Waals surface area (Å²) in [7, 11) is -4.32. The Morgan fingerprint density at radius 2 is 1.62 bits per heavy atom. The maximum Gasteiger partial charge on any atom is 0.409 e. The van der Waals surface area contributed by atoms with E-state index in [1.807, 2.05) is 13.8 Å². The molecule has 0 saturated carbocycles. The number of carbonyl (C=O) groups is 2. The number of nitrogens with two attached hydrogens (primary N) is 1. The number of hydrogen-bond donors (Lipinski definition) is 4. The number of rotatable bonds is 9. The molecule has 0 aliphatic rings. The summed E-state index contributed by atoms with van der Waals surface area (Å²) in [4.78, 5) is 39.4. The number of hydrogen-bond acceptors (Lipinski definition) is 9. The van der Waals surface area contributed by atoms with E-state index in [0.717, 1.165) is 5.56 Å². The molecule has 0 atom stereocenters. The van der Waals surface area contributed by atoms with Crippen molar-refractivity contribution in [3.63, 3.8) is 0 Å². The van der Waals surface area contributed by atoms with E-state index in [-0.39, 0.29) is 45.1 Å². The molecular weight excluding hydrogens is 620 g/mol. The van der Waals surface area contributed by atoms with Gasteiger partial charge < -0.3 is 21.1 Å². The van der Waals surface area contributed by atoms with Crippen LogP contribution in [0.1, 0.15) is 34.6 Å². The number of anilines is 1. The minimum absolute atomic E-state index is 0.0111. The van der Waals surface area contributed by atoms with E-state index in [2.05, 4.69) is 20.3 Å². The van der Waals surface area contributed by atoms with Crippen molar-refractivity contribution < 1.29 is 27.7 Å². The molecule has 0 spiro atoms. The fourth-order valence-corrected chi connectivity index (χ4v) is 7.25. The summed E-state index contributed by atoms with van der Waals surface area (Å²) in [5.41, 5.74) is 6.00. The van der Waals surface area contributed by atoms with Crippen LogP contribution in [-0.4, -0.2) is 42.0 Å². The largest absolute Gasteiger partial charge is 0.410 e. The number of urea groups is 1. The second-order valence-corrected chi connectivity index (χ2v) is 13.9. The Kier molecular flexibility index (Phi) is 9.56. The Balaban J connectivity index is 1.87. The van der Waals surface area contributed by atoms with Gasteiger partial charge in [-0.2, -0.15) is 0 Å². The Labute approximate surface area is 264 Å². The highest BCUT2D eigenvalue weighted by Gasteiger charge is 2.32. The first-order valence-corrected chi connectivity index (χ1v) is 15.9. The van der Waals surface area contributed by atoms with Crippen LogP contribution in [0.3, 0.4) is 0 Å². The lowest BCUT2D eigenvalue weighted by Crippen LogP contribution is -2.40. The van der Waals surface area contributed by atoms with Crippen LogP contribution < -0.4 is 25.8 Å². The number of aromatic nitrogens is 1. The van der Waals surface area contributed by atoms with E-state index in [1.165, 1.54) is 53.9 Å². The van der Waals surface area contributed by atoms with E-state index in [1.54, 1.807) is 45.0 Å². The van der Waals surface area contributed by atoms with Crippen molar-refractivity contribution in [1.29, 1.82) is 0 Å². The normalized spacial score (nSPS) is 11.7. The SMILES string of the molecule is CC(C)NC(=O)Nc1ccc(-c2ncc(-c3ccc(OC(N)=O)c(-c4ccc([N+](=O)[O-])cc4)c3S(=O)(=O)NC(C)(C)C)s2)cc1. The van der Waals surface area contributed by atoms with Crippen molar-refractivity contribution in [3.05, 3.63) is 77.0 Å². The number of carbonyl (C=O) groups excluding carboxylic acids is 2. The fourth-order valence-electron chi connectivity index (χ4n) is 4.37. The molecule has 4 rings (SSSR count). The van der Waals surface area contributed by atoms with Crippen molar-refractivity contribution in [2.24, 2.45) is 5.73 Å². The van der Waals surface area contributed by atoms with Gasteiger partial charge in [0.25, 0.3) is 5.69 Å². The van der Waals surface area contributed by atoms with Crippen molar-refractivity contribution in [2.75, 3.05) is 5.32 Å². The number of nitro benzene ring substituents is 1. The number of non-ortho nitro benzene ring substituents is 1. The highest BCUT2D eigenvalue weighted by molar-refractivity contribution is 7.89. The molecule has 45 heavy (non-hydrogen) atoms. The molecule has 3 amide bonds. The average Bonchev–Trinajstić information content (AvgIpc) is 3.41. The lowest BCUT2D eigenvalue weighted by atomic mass is 10.0. The van der Waals surface area contributed by atoms with Gasteiger partial charge in [-0.25, -0.2) is 27.7 Å². The predicted molar refractivity (Wildman–Crippen MR) is 173 cm³/mol. The average molecular weight is 653 g/mol. The molecule has 0 aliphatic heterocycles. The first-order valence-electron chi connectivity index (χ1n) is 13.6. The summed E-state index contributed by atoms with van der Waals surface area (Å²) in [5, 5.41) is 17.4. The molecule has 0 unspecified atom stereocenters. The van der Waals surface area contributed by atoms with Crippen molar-refractivity contribution in [2.45, 2.75) is 51.1 Å². The topological polar surface area (TPSA) is 196 Å². The molecule has 0 aliphatic carbocycles. The number of nitrogens with zero attached hydrogens (tertiary/aromatic N) is 2. The molecule has 1 heterocycles. The van der Waals surface area contributed by atoms with Crippen LogP contribution in [0, 0.1) is 10.1 Å². The third-order valence-electron chi connectivity index (χ3n) is 5.99. The lowest BCUT2D eigenvalue weighted by Gasteiger charge is -2.24. The highest BCUT2D eigenvalue weighted by Crippen LogP contribution is 2.45. The molecular formula is C30H32N6O7S2. The van der Waals surface area contributed by atoms with Crippen LogP contribution in [0.2, 0.25) is 0 Å². The lowest BCUT2D eigenvalue weighted by molar-refractivity contribution is -0.384. The number of benzene rings is 3. The zero-order chi connectivity index (χ0) is 33.1. The van der Waals surface area contributed by atoms with Crippen LogP contribution in [0.25, 0.3) is 32.1 Å². The van der Waals surface area contributed by atoms with Gasteiger partial charge in [-0.1, -0.05) is 0 Å². The Morgan fingerprint density at radius 1 is 1.00 bits per heavy atom. The van der Waals surface area contributed by atoms with Gasteiger partial charge in [0.15, 0.2) is 0 Å². The predicted octanol–water partition coefficient (Wildman–Crippen LogP) is 6.12. The molecule has 4 aromatic rings. The van der Waals surface area contributed by atoms with Gasteiger partial charge in [-0.15, -0.1) is 11.3 Å². The molecule has 5 N–H and O–H groups in total. The first-order chi connectivity index (χ1) is 21.0. The fraction of sp³-hybridized carbons (Fsp3) is 0.233. The Bertz CT molecular complexity index is 1850. The maximum absolute atomic E-state index is 14.1. The van der Waals surface area contributed by atoms with Gasteiger partial charge in [-0.3, -0.25) is 10.1 Å². The number of amides is 3. The molecule has 0 radical (unpaired) electrons. The summed E-state index contributed by atoms with van der Waals surface area (Å²) < 4.78 is 36.0.